The minimum Gasteiger partial charge on any atom is -0.410 e. The Balaban J connectivity index is 4.57. The quantitative estimate of drug-likeness (QED) is 0.562. The zero-order valence-corrected chi connectivity index (χ0v) is 14.1. The Morgan fingerprint density at radius 1 is 0.929 bits per heavy atom. The van der Waals surface area contributed by atoms with Gasteiger partial charge in [0.25, 0.3) is 0 Å². The Morgan fingerprint density at radius 3 is 1.36 bits per heavy atom. The molecular weight excluding hydrogens is 318 g/mol. The van der Waals surface area contributed by atoms with Gasteiger partial charge in [0.2, 0.25) is 0 Å². The van der Waals surface area contributed by atoms with Crippen LogP contribution in [-0.2, 0) is 8.23 Å². The van der Waals surface area contributed by atoms with E-state index in [2.05, 4.69) is 6.58 Å². The fourth-order valence-corrected chi connectivity index (χ4v) is 13.2. The van der Waals surface area contributed by atoms with Crippen LogP contribution in [0.25, 0.3) is 0 Å². The summed E-state index contributed by atoms with van der Waals surface area (Å²) in [5, 5.41) is 0. The van der Waals surface area contributed by atoms with Crippen LogP contribution in [0.1, 0.15) is 0 Å². The van der Waals surface area contributed by atoms with Gasteiger partial charge in [-0.3, -0.25) is 0 Å². The molecule has 0 aliphatic heterocycles. The second-order valence-corrected chi connectivity index (χ2v) is 20.2. The standard InChI is InChI=1S/C5H12Cl4O2Si3/c1-5-12(2,10-13(3,6)7)11-14(4,8)9/h5H,1H2,2-4H3. The molecule has 0 aliphatic carbocycles. The summed E-state index contributed by atoms with van der Waals surface area (Å²) in [6, 6.07) is 0. The third-order valence-corrected chi connectivity index (χ3v) is 10.8. The fraction of sp³-hybridized carbons (Fsp3) is 0.600. The average molecular weight is 330 g/mol. The second kappa shape index (κ2) is 5.20. The summed E-state index contributed by atoms with van der Waals surface area (Å²) >= 11 is 23.4. The molecule has 0 bridgehead atoms. The van der Waals surface area contributed by atoms with Crippen molar-refractivity contribution in [1.82, 2.24) is 0 Å². The van der Waals surface area contributed by atoms with E-state index in [9.17, 15) is 0 Å². The predicted molar refractivity (Wildman–Crippen MR) is 70.6 cm³/mol. The highest BCUT2D eigenvalue weighted by Crippen LogP contribution is 2.28. The third kappa shape index (κ3) is 7.72. The van der Waals surface area contributed by atoms with Gasteiger partial charge in [-0.05, 0) is 19.6 Å². The molecule has 0 saturated carbocycles. The first-order valence-electron chi connectivity index (χ1n) is 3.77. The maximum atomic E-state index is 5.84. The van der Waals surface area contributed by atoms with Gasteiger partial charge in [-0.25, -0.2) is 0 Å². The van der Waals surface area contributed by atoms with Gasteiger partial charge < -0.3 is 8.23 Å². The molecule has 9 heteroatoms. The van der Waals surface area contributed by atoms with Gasteiger partial charge in [0.05, 0.1) is 0 Å². The number of rotatable bonds is 5. The van der Waals surface area contributed by atoms with Gasteiger partial charge in [-0.2, -0.15) is 0 Å². The topological polar surface area (TPSA) is 18.5 Å². The smallest absolute Gasteiger partial charge is 0.377 e. The minimum atomic E-state index is -2.70. The lowest BCUT2D eigenvalue weighted by Crippen LogP contribution is -2.48. The third-order valence-electron chi connectivity index (χ3n) is 1.13. The van der Waals surface area contributed by atoms with Crippen molar-refractivity contribution in [3.05, 3.63) is 12.3 Å². The molecule has 0 fully saturated rings. The van der Waals surface area contributed by atoms with E-state index >= 15 is 0 Å². The maximum Gasteiger partial charge on any atom is 0.377 e. The van der Waals surface area contributed by atoms with Crippen LogP contribution in [0.2, 0.25) is 19.6 Å². The van der Waals surface area contributed by atoms with E-state index in [0.717, 1.165) is 0 Å². The molecule has 84 valence electrons. The first-order valence-corrected chi connectivity index (χ1v) is 15.0. The van der Waals surface area contributed by atoms with Crippen molar-refractivity contribution in [2.75, 3.05) is 0 Å². The van der Waals surface area contributed by atoms with Crippen LogP contribution >= 0.6 is 44.3 Å². The van der Waals surface area contributed by atoms with E-state index in [4.69, 9.17) is 52.5 Å². The average Bonchev–Trinajstić information content (AvgIpc) is 1.78. The van der Waals surface area contributed by atoms with Crippen molar-refractivity contribution in [2.45, 2.75) is 19.6 Å². The molecule has 14 heavy (non-hydrogen) atoms. The summed E-state index contributed by atoms with van der Waals surface area (Å²) in [6.45, 7) is 3.25. The maximum absolute atomic E-state index is 5.84. The van der Waals surface area contributed by atoms with Crippen LogP contribution < -0.4 is 0 Å². The van der Waals surface area contributed by atoms with Gasteiger partial charge in [0.1, 0.15) is 0 Å². The lowest BCUT2D eigenvalue weighted by molar-refractivity contribution is 0.426. The Morgan fingerprint density at radius 2 is 1.21 bits per heavy atom. The molecule has 0 aliphatic rings. The van der Waals surface area contributed by atoms with Gasteiger partial charge in [-0.1, -0.05) is 5.70 Å². The molecule has 0 heterocycles. The summed E-state index contributed by atoms with van der Waals surface area (Å²) in [7, 11) is -2.63. The highest BCUT2D eigenvalue weighted by Gasteiger charge is 2.43. The van der Waals surface area contributed by atoms with E-state index < -0.39 is 22.4 Å². The molecule has 2 nitrogen and oxygen atoms in total. The van der Waals surface area contributed by atoms with Crippen LogP contribution in [0.15, 0.2) is 12.3 Å². The van der Waals surface area contributed by atoms with Gasteiger partial charge >= 0.3 is 22.4 Å². The first kappa shape index (κ1) is 15.5. The normalized spacial score (nSPS) is 14.2. The summed E-state index contributed by atoms with van der Waals surface area (Å²) in [5.41, 5.74) is 1.57. The second-order valence-electron chi connectivity index (χ2n) is 3.04. The monoisotopic (exact) mass is 328 g/mol. The van der Waals surface area contributed by atoms with E-state index in [1.54, 1.807) is 25.3 Å². The van der Waals surface area contributed by atoms with E-state index in [1.165, 1.54) is 0 Å². The van der Waals surface area contributed by atoms with Gasteiger partial charge in [0, 0.05) is 0 Å². The van der Waals surface area contributed by atoms with Crippen LogP contribution in [0.4, 0.5) is 0 Å². The summed E-state index contributed by atoms with van der Waals surface area (Å²) in [4.78, 5) is 0. The van der Waals surface area contributed by atoms with Crippen molar-refractivity contribution >= 4 is 66.8 Å². The molecule has 0 saturated heterocycles. The van der Waals surface area contributed by atoms with Crippen LogP contribution in [0.3, 0.4) is 0 Å². The SMILES string of the molecule is C=C[Si](C)(O[Si](C)(Cl)Cl)O[Si](C)(Cl)Cl. The van der Waals surface area contributed by atoms with Gasteiger partial charge in [0.15, 0.2) is 0 Å². The molecule has 0 aromatic rings. The van der Waals surface area contributed by atoms with Crippen molar-refractivity contribution < 1.29 is 8.23 Å². The molecule has 0 atom stereocenters. The number of hydrogen-bond donors (Lipinski definition) is 0. The Labute approximate surface area is 106 Å². The van der Waals surface area contributed by atoms with Crippen molar-refractivity contribution in [2.24, 2.45) is 0 Å². The highest BCUT2D eigenvalue weighted by atomic mass is 35.7. The lowest BCUT2D eigenvalue weighted by atomic mass is 11.3. The molecule has 0 spiro atoms. The van der Waals surface area contributed by atoms with E-state index in [-0.39, 0.29) is 0 Å². The highest BCUT2D eigenvalue weighted by molar-refractivity contribution is 7.44. The van der Waals surface area contributed by atoms with Gasteiger partial charge in [-0.15, -0.1) is 50.9 Å². The Bertz CT molecular complexity index is 196. The largest absolute Gasteiger partial charge is 0.410 e. The molecule has 0 amide bonds. The molecule has 0 rings (SSSR count). The zero-order valence-electron chi connectivity index (χ0n) is 8.11. The Hall–Kier alpha value is 1.47. The fourth-order valence-electron chi connectivity index (χ4n) is 0.816. The first-order chi connectivity index (χ1) is 5.97. The van der Waals surface area contributed by atoms with E-state index in [0.29, 0.717) is 0 Å². The minimum absolute atomic E-state index is 1.57. The molecule has 0 aromatic heterocycles. The van der Waals surface area contributed by atoms with Crippen molar-refractivity contribution in [1.29, 1.82) is 0 Å². The summed E-state index contributed by atoms with van der Waals surface area (Å²) in [6.07, 6.45) is 0. The number of hydrogen-bond acceptors (Lipinski definition) is 2. The molecule has 0 unspecified atom stereocenters. The van der Waals surface area contributed by atoms with Crippen molar-refractivity contribution in [3.8, 4) is 0 Å². The van der Waals surface area contributed by atoms with Crippen LogP contribution in [0.5, 0.6) is 0 Å². The van der Waals surface area contributed by atoms with E-state index in [1.807, 2.05) is 0 Å². The summed E-state index contributed by atoms with van der Waals surface area (Å²) in [5.74, 6) is 0. The van der Waals surface area contributed by atoms with Crippen LogP contribution in [-0.4, -0.2) is 22.4 Å². The lowest BCUT2D eigenvalue weighted by Gasteiger charge is -2.31. The predicted octanol–water partition coefficient (Wildman–Crippen LogP) is 3.91. The Kier molecular flexibility index (Phi) is 5.75. The molecule has 0 aromatic carbocycles. The molecular formula is C5H12Cl4O2Si3. The molecule has 0 radical (unpaired) electrons. The van der Waals surface area contributed by atoms with Crippen molar-refractivity contribution in [3.63, 3.8) is 0 Å². The summed E-state index contributed by atoms with van der Waals surface area (Å²) < 4.78 is 11.0. The van der Waals surface area contributed by atoms with Crippen LogP contribution in [0, 0.1) is 0 Å². The zero-order chi connectivity index (χ0) is 11.6. The number of halogens is 4. The molecule has 0 N–H and O–H groups in total.